The molecular formula is C22H33N5. The molecule has 1 saturated heterocycles. The van der Waals surface area contributed by atoms with Crippen molar-refractivity contribution in [3.63, 3.8) is 0 Å². The minimum absolute atomic E-state index is 0.532. The van der Waals surface area contributed by atoms with Crippen LogP contribution in [0.15, 0.2) is 30.5 Å². The molecule has 5 heteroatoms. The number of likely N-dealkylation sites (N-methyl/N-ethyl adjacent to an activating group) is 1. The van der Waals surface area contributed by atoms with E-state index in [1.54, 1.807) is 0 Å². The van der Waals surface area contributed by atoms with E-state index in [1.807, 2.05) is 11.7 Å². The van der Waals surface area contributed by atoms with Gasteiger partial charge in [-0.05, 0) is 37.8 Å². The molecule has 1 unspecified atom stereocenters. The lowest BCUT2D eigenvalue weighted by molar-refractivity contribution is 0.289. The zero-order chi connectivity index (χ0) is 18.6. The Hall–Kier alpha value is -1.69. The zero-order valence-electron chi connectivity index (χ0n) is 16.7. The van der Waals surface area contributed by atoms with Crippen LogP contribution in [0, 0.1) is 0 Å². The highest BCUT2D eigenvalue weighted by Gasteiger charge is 2.19. The van der Waals surface area contributed by atoms with Crippen LogP contribution in [0.25, 0.3) is 11.3 Å². The van der Waals surface area contributed by atoms with Gasteiger partial charge in [0.05, 0.1) is 5.69 Å². The molecule has 2 N–H and O–H groups in total. The summed E-state index contributed by atoms with van der Waals surface area (Å²) in [6, 6.07) is 9.75. The number of aromatic nitrogens is 2. The minimum Gasteiger partial charge on any atom is -0.300 e. The van der Waals surface area contributed by atoms with Crippen LogP contribution in [0.5, 0.6) is 0 Å². The molecule has 1 aromatic carbocycles. The third-order valence-electron chi connectivity index (χ3n) is 6.06. The first-order valence-electron chi connectivity index (χ1n) is 10.5. The molecule has 0 spiro atoms. The molecule has 2 heterocycles. The lowest BCUT2D eigenvalue weighted by Gasteiger charge is -2.22. The van der Waals surface area contributed by atoms with E-state index in [0.29, 0.717) is 6.04 Å². The Morgan fingerprint density at radius 3 is 2.59 bits per heavy atom. The summed E-state index contributed by atoms with van der Waals surface area (Å²) in [6.45, 7) is 3.03. The van der Waals surface area contributed by atoms with Crippen molar-refractivity contribution in [1.82, 2.24) is 25.5 Å². The molecule has 4 rings (SSSR count). The quantitative estimate of drug-likeness (QED) is 0.821. The van der Waals surface area contributed by atoms with E-state index in [1.165, 1.54) is 55.2 Å². The van der Waals surface area contributed by atoms with Crippen molar-refractivity contribution in [3.05, 3.63) is 41.6 Å². The summed E-state index contributed by atoms with van der Waals surface area (Å²) in [5, 5.41) is 4.77. The van der Waals surface area contributed by atoms with Crippen LogP contribution in [0.2, 0.25) is 0 Å². The van der Waals surface area contributed by atoms with Gasteiger partial charge >= 0.3 is 0 Å². The SMILES string of the molecule is CN(Cc1cn(C)nc1-c1ccc(C2CCCCC2)cc1)CC1CCNN1. The fourth-order valence-electron chi connectivity index (χ4n) is 4.65. The van der Waals surface area contributed by atoms with Gasteiger partial charge in [-0.2, -0.15) is 5.10 Å². The molecule has 146 valence electrons. The Kier molecular flexibility index (Phi) is 5.91. The molecule has 0 radical (unpaired) electrons. The molecule has 0 amide bonds. The summed E-state index contributed by atoms with van der Waals surface area (Å²) in [6.07, 6.45) is 10.2. The molecule has 1 atom stereocenters. The summed E-state index contributed by atoms with van der Waals surface area (Å²) in [5.74, 6) is 0.759. The second kappa shape index (κ2) is 8.55. The molecular weight excluding hydrogens is 334 g/mol. The van der Waals surface area contributed by atoms with Crippen molar-refractivity contribution in [1.29, 1.82) is 0 Å². The zero-order valence-corrected chi connectivity index (χ0v) is 16.7. The highest BCUT2D eigenvalue weighted by atomic mass is 15.4. The topological polar surface area (TPSA) is 45.1 Å². The average Bonchev–Trinajstić information content (AvgIpc) is 3.32. The van der Waals surface area contributed by atoms with Crippen molar-refractivity contribution in [2.45, 2.75) is 57.0 Å². The number of hydrogen-bond acceptors (Lipinski definition) is 4. The first kappa shape index (κ1) is 18.7. The number of nitrogens with one attached hydrogen (secondary N) is 2. The van der Waals surface area contributed by atoms with Gasteiger partial charge in [0, 0.05) is 50.0 Å². The molecule has 1 aliphatic carbocycles. The Labute approximate surface area is 163 Å². The standard InChI is InChI=1S/C22H33N5/c1-26(16-21-12-13-23-24-21)14-20-15-27(2)25-22(20)19-10-8-18(9-11-19)17-6-4-3-5-7-17/h8-11,15,17,21,23-24H,3-7,12-14,16H2,1-2H3. The van der Waals surface area contributed by atoms with Crippen molar-refractivity contribution in [2.24, 2.45) is 7.05 Å². The van der Waals surface area contributed by atoms with Crippen LogP contribution in [-0.2, 0) is 13.6 Å². The van der Waals surface area contributed by atoms with Gasteiger partial charge in [-0.3, -0.25) is 15.5 Å². The highest BCUT2D eigenvalue weighted by molar-refractivity contribution is 5.63. The third-order valence-corrected chi connectivity index (χ3v) is 6.06. The smallest absolute Gasteiger partial charge is 0.0968 e. The van der Waals surface area contributed by atoms with Crippen LogP contribution >= 0.6 is 0 Å². The van der Waals surface area contributed by atoms with E-state index < -0.39 is 0 Å². The molecule has 1 saturated carbocycles. The van der Waals surface area contributed by atoms with Gasteiger partial charge < -0.3 is 4.90 Å². The predicted molar refractivity (Wildman–Crippen MR) is 110 cm³/mol. The van der Waals surface area contributed by atoms with E-state index in [-0.39, 0.29) is 0 Å². The van der Waals surface area contributed by atoms with Crippen molar-refractivity contribution < 1.29 is 0 Å². The van der Waals surface area contributed by atoms with Gasteiger partial charge in [-0.15, -0.1) is 0 Å². The van der Waals surface area contributed by atoms with Gasteiger partial charge in [0.2, 0.25) is 0 Å². The molecule has 1 aromatic heterocycles. The number of rotatable bonds is 6. The number of benzene rings is 1. The molecule has 2 fully saturated rings. The van der Waals surface area contributed by atoms with Crippen LogP contribution in [-0.4, -0.2) is 40.9 Å². The fourth-order valence-corrected chi connectivity index (χ4v) is 4.65. The van der Waals surface area contributed by atoms with Crippen molar-refractivity contribution in [3.8, 4) is 11.3 Å². The number of hydrazine groups is 1. The molecule has 1 aliphatic heterocycles. The Morgan fingerprint density at radius 1 is 1.11 bits per heavy atom. The van der Waals surface area contributed by atoms with E-state index in [2.05, 4.69) is 53.3 Å². The van der Waals surface area contributed by atoms with E-state index in [9.17, 15) is 0 Å². The number of aryl methyl sites for hydroxylation is 1. The number of nitrogens with zero attached hydrogens (tertiary/aromatic N) is 3. The maximum Gasteiger partial charge on any atom is 0.0968 e. The highest BCUT2D eigenvalue weighted by Crippen LogP contribution is 2.33. The van der Waals surface area contributed by atoms with E-state index in [0.717, 1.165) is 31.2 Å². The van der Waals surface area contributed by atoms with Crippen LogP contribution in [0.3, 0.4) is 0 Å². The summed E-state index contributed by atoms with van der Waals surface area (Å²) in [5.41, 5.74) is 11.7. The van der Waals surface area contributed by atoms with Gasteiger partial charge in [0.15, 0.2) is 0 Å². The van der Waals surface area contributed by atoms with Crippen LogP contribution in [0.4, 0.5) is 0 Å². The number of hydrogen-bond donors (Lipinski definition) is 2. The summed E-state index contributed by atoms with van der Waals surface area (Å²) >= 11 is 0. The maximum absolute atomic E-state index is 4.77. The average molecular weight is 368 g/mol. The first-order chi connectivity index (χ1) is 13.2. The Balaban J connectivity index is 1.46. The Morgan fingerprint density at radius 2 is 1.89 bits per heavy atom. The molecule has 0 bridgehead atoms. The maximum atomic E-state index is 4.77. The van der Waals surface area contributed by atoms with Gasteiger partial charge in [-0.1, -0.05) is 43.5 Å². The first-order valence-corrected chi connectivity index (χ1v) is 10.5. The monoisotopic (exact) mass is 367 g/mol. The van der Waals surface area contributed by atoms with Gasteiger partial charge in [-0.25, -0.2) is 0 Å². The van der Waals surface area contributed by atoms with Crippen molar-refractivity contribution in [2.75, 3.05) is 20.1 Å². The second-order valence-electron chi connectivity index (χ2n) is 8.39. The molecule has 2 aromatic rings. The van der Waals surface area contributed by atoms with Gasteiger partial charge in [0.25, 0.3) is 0 Å². The minimum atomic E-state index is 0.532. The summed E-state index contributed by atoms with van der Waals surface area (Å²) in [7, 11) is 4.22. The Bertz CT molecular complexity index is 724. The van der Waals surface area contributed by atoms with E-state index >= 15 is 0 Å². The van der Waals surface area contributed by atoms with Crippen molar-refractivity contribution >= 4 is 0 Å². The van der Waals surface area contributed by atoms with E-state index in [4.69, 9.17) is 5.10 Å². The molecule has 5 nitrogen and oxygen atoms in total. The second-order valence-corrected chi connectivity index (χ2v) is 8.39. The van der Waals surface area contributed by atoms with Gasteiger partial charge in [0.1, 0.15) is 0 Å². The summed E-state index contributed by atoms with van der Waals surface area (Å²) in [4.78, 5) is 2.39. The largest absolute Gasteiger partial charge is 0.300 e. The molecule has 27 heavy (non-hydrogen) atoms. The summed E-state index contributed by atoms with van der Waals surface area (Å²) < 4.78 is 1.95. The van der Waals surface area contributed by atoms with Crippen LogP contribution in [0.1, 0.15) is 55.6 Å². The fraction of sp³-hybridized carbons (Fsp3) is 0.591. The van der Waals surface area contributed by atoms with Crippen LogP contribution < -0.4 is 10.9 Å². The third kappa shape index (κ3) is 4.60. The normalized spacial score (nSPS) is 21.2. The predicted octanol–water partition coefficient (Wildman–Crippen LogP) is 3.43. The lowest BCUT2D eigenvalue weighted by atomic mass is 9.84. The lowest BCUT2D eigenvalue weighted by Crippen LogP contribution is -2.38. The molecule has 2 aliphatic rings.